The highest BCUT2D eigenvalue weighted by Gasteiger charge is 2.24. The molecule has 2 heterocycles. The fourth-order valence-corrected chi connectivity index (χ4v) is 3.51. The van der Waals surface area contributed by atoms with Gasteiger partial charge >= 0.3 is 6.03 Å². The third kappa shape index (κ3) is 5.01. The van der Waals surface area contributed by atoms with Gasteiger partial charge in [0.05, 0.1) is 0 Å². The lowest BCUT2D eigenvalue weighted by molar-refractivity contribution is 0.249. The molecule has 3 rings (SSSR count). The van der Waals surface area contributed by atoms with E-state index in [4.69, 9.17) is 11.6 Å². The molecule has 1 aliphatic rings. The molecule has 144 valence electrons. The molecule has 8 heteroatoms. The Labute approximate surface area is 164 Å². The first kappa shape index (κ1) is 19.2. The van der Waals surface area contributed by atoms with Crippen LogP contribution >= 0.6 is 11.6 Å². The van der Waals surface area contributed by atoms with Gasteiger partial charge in [0, 0.05) is 32.4 Å². The number of anilines is 3. The van der Waals surface area contributed by atoms with Crippen molar-refractivity contribution in [3.8, 4) is 0 Å². The Morgan fingerprint density at radius 1 is 1.30 bits per heavy atom. The number of carbonyl (C=O) groups is 1. The number of halogens is 1. The van der Waals surface area contributed by atoms with Crippen LogP contribution in [0.1, 0.15) is 18.4 Å². The Kier molecular flexibility index (Phi) is 6.34. The Morgan fingerprint density at radius 2 is 2.07 bits per heavy atom. The van der Waals surface area contributed by atoms with Crippen LogP contribution in [0.15, 0.2) is 30.6 Å². The number of urea groups is 1. The van der Waals surface area contributed by atoms with Crippen LogP contribution in [-0.2, 0) is 0 Å². The highest BCUT2D eigenvalue weighted by Crippen LogP contribution is 2.31. The molecule has 0 saturated carbocycles. The van der Waals surface area contributed by atoms with E-state index in [2.05, 4.69) is 30.8 Å². The molecule has 0 bridgehead atoms. The van der Waals surface area contributed by atoms with Crippen molar-refractivity contribution < 1.29 is 4.79 Å². The van der Waals surface area contributed by atoms with Crippen molar-refractivity contribution >= 4 is 34.8 Å². The number of carbonyl (C=O) groups excluding carboxylic acids is 1. The first-order valence-electron chi connectivity index (χ1n) is 9.11. The van der Waals surface area contributed by atoms with E-state index in [1.165, 1.54) is 6.33 Å². The zero-order valence-corrected chi connectivity index (χ0v) is 16.4. The molecule has 2 amide bonds. The van der Waals surface area contributed by atoms with Crippen molar-refractivity contribution in [3.05, 3.63) is 41.3 Å². The van der Waals surface area contributed by atoms with Gasteiger partial charge in [-0.05, 0) is 37.8 Å². The first-order chi connectivity index (χ1) is 13.1. The lowest BCUT2D eigenvalue weighted by Crippen LogP contribution is -2.42. The summed E-state index contributed by atoms with van der Waals surface area (Å²) in [5, 5.41) is 9.34. The molecule has 0 spiro atoms. The number of benzene rings is 1. The maximum Gasteiger partial charge on any atom is 0.319 e. The highest BCUT2D eigenvalue weighted by molar-refractivity contribution is 6.32. The van der Waals surface area contributed by atoms with Gasteiger partial charge in [-0.2, -0.15) is 0 Å². The minimum atomic E-state index is -0.183. The van der Waals surface area contributed by atoms with Crippen molar-refractivity contribution in [3.63, 3.8) is 0 Å². The van der Waals surface area contributed by atoms with Crippen LogP contribution in [-0.4, -0.2) is 42.7 Å². The van der Waals surface area contributed by atoms with Crippen LogP contribution in [0.3, 0.4) is 0 Å². The van der Waals surface area contributed by atoms with E-state index in [-0.39, 0.29) is 6.03 Å². The first-order valence-corrected chi connectivity index (χ1v) is 9.49. The standard InChI is InChI=1S/C19H25ClN6O/c1-13-5-7-15(8-6-13)25-19(27)22-10-14-4-3-9-26(11-14)18-16(21-2)17(20)23-12-24-18/h5-8,12,14,21H,3-4,9-11H2,1-2H3,(H2,22,25,27). The lowest BCUT2D eigenvalue weighted by atomic mass is 9.98. The van der Waals surface area contributed by atoms with Gasteiger partial charge in [-0.15, -0.1) is 0 Å². The zero-order valence-electron chi connectivity index (χ0n) is 15.6. The predicted molar refractivity (Wildman–Crippen MR) is 110 cm³/mol. The molecule has 27 heavy (non-hydrogen) atoms. The smallest absolute Gasteiger partial charge is 0.319 e. The summed E-state index contributed by atoms with van der Waals surface area (Å²) in [6.07, 6.45) is 3.58. The molecule has 7 nitrogen and oxygen atoms in total. The van der Waals surface area contributed by atoms with Crippen molar-refractivity contribution in [1.82, 2.24) is 15.3 Å². The predicted octanol–water partition coefficient (Wildman–Crippen LogP) is 3.52. The summed E-state index contributed by atoms with van der Waals surface area (Å²) < 4.78 is 0. The summed E-state index contributed by atoms with van der Waals surface area (Å²) in [4.78, 5) is 22.8. The van der Waals surface area contributed by atoms with Crippen LogP contribution in [0.4, 0.5) is 22.0 Å². The molecule has 1 aliphatic heterocycles. The number of hydrogen-bond donors (Lipinski definition) is 3. The molecule has 1 fully saturated rings. The summed E-state index contributed by atoms with van der Waals surface area (Å²) in [6, 6.07) is 7.56. The van der Waals surface area contributed by atoms with Crippen LogP contribution in [0.2, 0.25) is 5.15 Å². The average Bonchev–Trinajstić information content (AvgIpc) is 2.68. The van der Waals surface area contributed by atoms with Crippen molar-refractivity contribution in [1.29, 1.82) is 0 Å². The molecule has 1 atom stereocenters. The molecule has 1 aromatic heterocycles. The summed E-state index contributed by atoms with van der Waals surface area (Å²) in [7, 11) is 1.81. The molecule has 1 saturated heterocycles. The van der Waals surface area contributed by atoms with E-state index in [1.807, 2.05) is 38.2 Å². The van der Waals surface area contributed by atoms with Crippen molar-refractivity contribution in [2.75, 3.05) is 42.2 Å². The van der Waals surface area contributed by atoms with E-state index in [0.29, 0.717) is 17.6 Å². The Bertz CT molecular complexity index is 782. The van der Waals surface area contributed by atoms with Gasteiger partial charge < -0.3 is 20.9 Å². The molecule has 1 aromatic carbocycles. The lowest BCUT2D eigenvalue weighted by Gasteiger charge is -2.34. The summed E-state index contributed by atoms with van der Waals surface area (Å²) >= 11 is 6.17. The quantitative estimate of drug-likeness (QED) is 0.683. The van der Waals surface area contributed by atoms with Crippen LogP contribution in [0, 0.1) is 12.8 Å². The van der Waals surface area contributed by atoms with Gasteiger partial charge in [0.2, 0.25) is 0 Å². The van der Waals surface area contributed by atoms with E-state index in [0.717, 1.165) is 48.7 Å². The van der Waals surface area contributed by atoms with Crippen LogP contribution in [0.25, 0.3) is 0 Å². The Balaban J connectivity index is 1.55. The topological polar surface area (TPSA) is 82.2 Å². The molecule has 0 aliphatic carbocycles. The number of aryl methyl sites for hydroxylation is 1. The van der Waals surface area contributed by atoms with Crippen LogP contribution in [0.5, 0.6) is 0 Å². The van der Waals surface area contributed by atoms with Gasteiger partial charge in [0.1, 0.15) is 12.0 Å². The van der Waals surface area contributed by atoms with E-state index in [9.17, 15) is 4.79 Å². The number of piperidine rings is 1. The highest BCUT2D eigenvalue weighted by atomic mass is 35.5. The maximum atomic E-state index is 12.2. The van der Waals surface area contributed by atoms with Crippen molar-refractivity contribution in [2.24, 2.45) is 5.92 Å². The molecule has 1 unspecified atom stereocenters. The second-order valence-electron chi connectivity index (χ2n) is 6.77. The SMILES string of the molecule is CNc1c(Cl)ncnc1N1CCCC(CNC(=O)Nc2ccc(C)cc2)C1. The zero-order chi connectivity index (χ0) is 19.2. The number of nitrogens with one attached hydrogen (secondary N) is 3. The Hall–Kier alpha value is -2.54. The minimum Gasteiger partial charge on any atom is -0.383 e. The number of rotatable bonds is 5. The summed E-state index contributed by atoms with van der Waals surface area (Å²) in [5.74, 6) is 1.16. The summed E-state index contributed by atoms with van der Waals surface area (Å²) in [5.41, 5.74) is 2.69. The number of amides is 2. The molecule has 3 N–H and O–H groups in total. The van der Waals surface area contributed by atoms with Gasteiger partial charge in [0.15, 0.2) is 11.0 Å². The average molecular weight is 389 g/mol. The second-order valence-corrected chi connectivity index (χ2v) is 7.13. The molecule has 2 aromatic rings. The van der Waals surface area contributed by atoms with E-state index in [1.54, 1.807) is 0 Å². The fourth-order valence-electron chi connectivity index (χ4n) is 3.28. The van der Waals surface area contributed by atoms with E-state index < -0.39 is 0 Å². The van der Waals surface area contributed by atoms with Gasteiger partial charge in [-0.3, -0.25) is 0 Å². The monoisotopic (exact) mass is 388 g/mol. The number of hydrogen-bond acceptors (Lipinski definition) is 5. The minimum absolute atomic E-state index is 0.183. The molecule has 0 radical (unpaired) electrons. The van der Waals surface area contributed by atoms with Crippen LogP contribution < -0.4 is 20.9 Å². The third-order valence-corrected chi connectivity index (χ3v) is 5.00. The third-order valence-electron chi connectivity index (χ3n) is 4.71. The number of nitrogens with zero attached hydrogens (tertiary/aromatic N) is 3. The fraction of sp³-hybridized carbons (Fsp3) is 0.421. The normalized spacial score (nSPS) is 16.7. The largest absolute Gasteiger partial charge is 0.383 e. The summed E-state index contributed by atoms with van der Waals surface area (Å²) in [6.45, 7) is 4.35. The molecular formula is C19H25ClN6O. The Morgan fingerprint density at radius 3 is 2.81 bits per heavy atom. The van der Waals surface area contributed by atoms with Crippen molar-refractivity contribution in [2.45, 2.75) is 19.8 Å². The van der Waals surface area contributed by atoms with Gasteiger partial charge in [0.25, 0.3) is 0 Å². The molecular weight excluding hydrogens is 364 g/mol. The van der Waals surface area contributed by atoms with Gasteiger partial charge in [-0.1, -0.05) is 29.3 Å². The van der Waals surface area contributed by atoms with Gasteiger partial charge in [-0.25, -0.2) is 14.8 Å². The second kappa shape index (κ2) is 8.90. The van der Waals surface area contributed by atoms with E-state index >= 15 is 0 Å². The number of aromatic nitrogens is 2. The maximum absolute atomic E-state index is 12.2.